The van der Waals surface area contributed by atoms with Crippen LogP contribution in [-0.4, -0.2) is 22.1 Å². The predicted octanol–water partition coefficient (Wildman–Crippen LogP) is 2.79. The first-order valence-corrected chi connectivity index (χ1v) is 7.74. The van der Waals surface area contributed by atoms with Crippen LogP contribution in [0.2, 0.25) is 0 Å². The summed E-state index contributed by atoms with van der Waals surface area (Å²) in [5.41, 5.74) is 7.74. The number of nitrogens with zero attached hydrogens (tertiary/aromatic N) is 2. The fourth-order valence-corrected chi connectivity index (χ4v) is 2.81. The average molecular weight is 287 g/mol. The Balaban J connectivity index is 2.25. The van der Waals surface area contributed by atoms with Crippen molar-refractivity contribution < 1.29 is 4.79 Å². The van der Waals surface area contributed by atoms with E-state index in [1.165, 1.54) is 0 Å². The monoisotopic (exact) mass is 287 g/mol. The second-order valence-corrected chi connectivity index (χ2v) is 5.98. The third-order valence-corrected chi connectivity index (χ3v) is 3.87. The van der Waals surface area contributed by atoms with Crippen LogP contribution in [0.1, 0.15) is 32.9 Å². The summed E-state index contributed by atoms with van der Waals surface area (Å²) in [7, 11) is 0. The van der Waals surface area contributed by atoms with Gasteiger partial charge in [-0.15, -0.1) is 0 Å². The molecular formula is C17H25N3O. The van der Waals surface area contributed by atoms with Crippen LogP contribution in [0.4, 0.5) is 0 Å². The SMILES string of the molecule is CCn1nc(CC(=O)C(CN)CC(C)C)c2ccccc21. The summed E-state index contributed by atoms with van der Waals surface area (Å²) in [6, 6.07) is 8.08. The number of hydrogen-bond acceptors (Lipinski definition) is 3. The van der Waals surface area contributed by atoms with Gasteiger partial charge in [0.15, 0.2) is 0 Å². The van der Waals surface area contributed by atoms with Gasteiger partial charge in [0.2, 0.25) is 0 Å². The lowest BCUT2D eigenvalue weighted by molar-refractivity contribution is -0.122. The molecule has 0 saturated carbocycles. The van der Waals surface area contributed by atoms with Gasteiger partial charge in [-0.2, -0.15) is 5.10 Å². The molecule has 0 aliphatic rings. The number of rotatable bonds is 7. The third-order valence-electron chi connectivity index (χ3n) is 3.87. The number of carbonyl (C=O) groups excluding carboxylic acids is 1. The van der Waals surface area contributed by atoms with Gasteiger partial charge in [-0.1, -0.05) is 32.0 Å². The fourth-order valence-electron chi connectivity index (χ4n) is 2.81. The molecule has 0 saturated heterocycles. The van der Waals surface area contributed by atoms with Crippen molar-refractivity contribution in [2.45, 2.75) is 40.2 Å². The lowest BCUT2D eigenvalue weighted by Crippen LogP contribution is -2.26. The lowest BCUT2D eigenvalue weighted by Gasteiger charge is -2.15. The standard InChI is InChI=1S/C17H25N3O/c1-4-20-16-8-6-5-7-14(16)15(19-20)10-17(21)13(11-18)9-12(2)3/h5-8,12-13H,4,9-11,18H2,1-3H3. The lowest BCUT2D eigenvalue weighted by atomic mass is 9.91. The van der Waals surface area contributed by atoms with Crippen LogP contribution in [0.5, 0.6) is 0 Å². The fraction of sp³-hybridized carbons (Fsp3) is 0.529. The summed E-state index contributed by atoms with van der Waals surface area (Å²) in [5.74, 6) is 0.626. The van der Waals surface area contributed by atoms with Crippen molar-refractivity contribution in [1.29, 1.82) is 0 Å². The van der Waals surface area contributed by atoms with Crippen LogP contribution >= 0.6 is 0 Å². The topological polar surface area (TPSA) is 60.9 Å². The molecule has 0 aliphatic carbocycles. The van der Waals surface area contributed by atoms with Crippen LogP contribution in [-0.2, 0) is 17.8 Å². The molecule has 21 heavy (non-hydrogen) atoms. The van der Waals surface area contributed by atoms with Crippen LogP contribution < -0.4 is 5.73 Å². The van der Waals surface area contributed by atoms with E-state index in [9.17, 15) is 4.79 Å². The Morgan fingerprint density at radius 1 is 1.33 bits per heavy atom. The minimum Gasteiger partial charge on any atom is -0.330 e. The smallest absolute Gasteiger partial charge is 0.143 e. The number of benzene rings is 1. The van der Waals surface area contributed by atoms with Gasteiger partial charge in [-0.25, -0.2) is 0 Å². The molecule has 114 valence electrons. The van der Waals surface area contributed by atoms with Crippen molar-refractivity contribution in [3.8, 4) is 0 Å². The maximum Gasteiger partial charge on any atom is 0.143 e. The first kappa shape index (κ1) is 15.7. The molecule has 1 unspecified atom stereocenters. The van der Waals surface area contributed by atoms with Gasteiger partial charge >= 0.3 is 0 Å². The molecule has 1 aromatic carbocycles. The van der Waals surface area contributed by atoms with Crippen molar-refractivity contribution in [2.24, 2.45) is 17.6 Å². The molecule has 1 heterocycles. The number of para-hydroxylation sites is 1. The second kappa shape index (κ2) is 6.85. The summed E-state index contributed by atoms with van der Waals surface area (Å²) in [6.45, 7) is 7.53. The molecule has 1 atom stereocenters. The van der Waals surface area contributed by atoms with E-state index in [1.54, 1.807) is 0 Å². The molecule has 2 rings (SSSR count). The van der Waals surface area contributed by atoms with Crippen molar-refractivity contribution in [1.82, 2.24) is 9.78 Å². The Kier molecular flexibility index (Phi) is 5.12. The number of ketones is 1. The summed E-state index contributed by atoms with van der Waals surface area (Å²) in [6.07, 6.45) is 1.23. The van der Waals surface area contributed by atoms with E-state index in [4.69, 9.17) is 5.73 Å². The van der Waals surface area contributed by atoms with Gasteiger partial charge in [-0.3, -0.25) is 9.48 Å². The quantitative estimate of drug-likeness (QED) is 0.851. The first-order valence-electron chi connectivity index (χ1n) is 7.74. The minimum absolute atomic E-state index is 0.0597. The number of fused-ring (bicyclic) bond motifs is 1. The largest absolute Gasteiger partial charge is 0.330 e. The van der Waals surface area contributed by atoms with Gasteiger partial charge in [0.05, 0.1) is 17.6 Å². The van der Waals surface area contributed by atoms with E-state index in [0.29, 0.717) is 18.9 Å². The molecule has 2 aromatic rings. The average Bonchev–Trinajstić information content (AvgIpc) is 2.82. The molecule has 0 spiro atoms. The molecule has 0 bridgehead atoms. The molecule has 0 fully saturated rings. The van der Waals surface area contributed by atoms with E-state index < -0.39 is 0 Å². The Hall–Kier alpha value is -1.68. The van der Waals surface area contributed by atoms with E-state index in [2.05, 4.69) is 25.9 Å². The van der Waals surface area contributed by atoms with Gasteiger partial charge in [0, 0.05) is 24.4 Å². The second-order valence-electron chi connectivity index (χ2n) is 5.98. The minimum atomic E-state index is -0.0597. The molecule has 1 aromatic heterocycles. The number of nitrogens with two attached hydrogens (primary N) is 1. The molecule has 2 N–H and O–H groups in total. The van der Waals surface area contributed by atoms with E-state index in [-0.39, 0.29) is 11.7 Å². The molecule has 0 amide bonds. The van der Waals surface area contributed by atoms with Crippen molar-refractivity contribution in [3.05, 3.63) is 30.0 Å². The highest BCUT2D eigenvalue weighted by atomic mass is 16.1. The Labute approximate surface area is 126 Å². The molecule has 0 radical (unpaired) electrons. The number of hydrogen-bond donors (Lipinski definition) is 1. The van der Waals surface area contributed by atoms with Crippen LogP contribution in [0, 0.1) is 11.8 Å². The zero-order valence-corrected chi connectivity index (χ0v) is 13.2. The number of aryl methyl sites for hydroxylation is 1. The van der Waals surface area contributed by atoms with Crippen molar-refractivity contribution >= 4 is 16.7 Å². The summed E-state index contributed by atoms with van der Waals surface area (Å²) < 4.78 is 1.96. The highest BCUT2D eigenvalue weighted by Crippen LogP contribution is 2.21. The van der Waals surface area contributed by atoms with Crippen LogP contribution in [0.3, 0.4) is 0 Å². The highest BCUT2D eigenvalue weighted by Gasteiger charge is 2.21. The van der Waals surface area contributed by atoms with Gasteiger partial charge < -0.3 is 5.73 Å². The van der Waals surface area contributed by atoms with E-state index in [0.717, 1.165) is 29.6 Å². The third kappa shape index (κ3) is 3.50. The molecule has 4 nitrogen and oxygen atoms in total. The number of Topliss-reactive ketones (excluding diaryl/α,β-unsaturated/α-hetero) is 1. The highest BCUT2D eigenvalue weighted by molar-refractivity contribution is 5.89. The van der Waals surface area contributed by atoms with Gasteiger partial charge in [-0.05, 0) is 25.3 Å². The van der Waals surface area contributed by atoms with E-state index >= 15 is 0 Å². The van der Waals surface area contributed by atoms with Gasteiger partial charge in [0.25, 0.3) is 0 Å². The predicted molar refractivity (Wildman–Crippen MR) is 86.1 cm³/mol. The normalized spacial score (nSPS) is 13.0. The Bertz CT molecular complexity index is 616. The Morgan fingerprint density at radius 3 is 2.67 bits per heavy atom. The molecule has 4 heteroatoms. The first-order chi connectivity index (χ1) is 10.1. The maximum absolute atomic E-state index is 12.5. The molecular weight excluding hydrogens is 262 g/mol. The summed E-state index contributed by atoms with van der Waals surface area (Å²) in [4.78, 5) is 12.5. The van der Waals surface area contributed by atoms with E-state index in [1.807, 2.05) is 28.9 Å². The van der Waals surface area contributed by atoms with Crippen molar-refractivity contribution in [3.63, 3.8) is 0 Å². The number of carbonyl (C=O) groups is 1. The number of aromatic nitrogens is 2. The van der Waals surface area contributed by atoms with Gasteiger partial charge in [0.1, 0.15) is 5.78 Å². The Morgan fingerprint density at radius 2 is 2.05 bits per heavy atom. The van der Waals surface area contributed by atoms with Crippen LogP contribution in [0.25, 0.3) is 10.9 Å². The zero-order chi connectivity index (χ0) is 15.4. The van der Waals surface area contributed by atoms with Crippen molar-refractivity contribution in [2.75, 3.05) is 6.54 Å². The molecule has 0 aliphatic heterocycles. The summed E-state index contributed by atoms with van der Waals surface area (Å²) >= 11 is 0. The van der Waals surface area contributed by atoms with Crippen LogP contribution in [0.15, 0.2) is 24.3 Å². The maximum atomic E-state index is 12.5. The zero-order valence-electron chi connectivity index (χ0n) is 13.2. The summed E-state index contributed by atoms with van der Waals surface area (Å²) in [5, 5.41) is 5.68.